The molecule has 0 spiro atoms. The van der Waals surface area contributed by atoms with Crippen molar-refractivity contribution in [3.63, 3.8) is 0 Å². The van der Waals surface area contributed by atoms with E-state index in [2.05, 4.69) is 20.3 Å². The molecule has 0 aromatic carbocycles. The van der Waals surface area contributed by atoms with Crippen molar-refractivity contribution in [2.75, 3.05) is 5.32 Å². The Morgan fingerprint density at radius 3 is 3.06 bits per heavy atom. The van der Waals surface area contributed by atoms with E-state index in [0.29, 0.717) is 11.6 Å². The molecular weight excluding hydrogens is 268 g/mol. The Balaban J connectivity index is 1.79. The third-order valence-corrected chi connectivity index (χ3v) is 4.08. The predicted molar refractivity (Wildman–Crippen MR) is 72.0 cm³/mol. The lowest BCUT2D eigenvalue weighted by atomic mass is 10.4. The molecule has 0 fully saturated rings. The normalized spacial score (nSPS) is 10.4. The second-order valence-electron chi connectivity index (χ2n) is 3.41. The molecule has 2 N–H and O–H groups in total. The van der Waals surface area contributed by atoms with Crippen LogP contribution >= 0.6 is 22.7 Å². The van der Waals surface area contributed by atoms with Crippen LogP contribution in [-0.4, -0.2) is 20.9 Å². The SMILES string of the molecule is O=C(Nc1ncc[nH]1)c1csc(-c2cccs2)n1. The molecule has 0 saturated carbocycles. The maximum absolute atomic E-state index is 11.9. The van der Waals surface area contributed by atoms with Crippen molar-refractivity contribution in [1.82, 2.24) is 15.0 Å². The highest BCUT2D eigenvalue weighted by Crippen LogP contribution is 2.27. The third kappa shape index (κ3) is 2.18. The lowest BCUT2D eigenvalue weighted by Gasteiger charge is -1.97. The van der Waals surface area contributed by atoms with Gasteiger partial charge in [0.1, 0.15) is 10.7 Å². The minimum atomic E-state index is -0.260. The molecule has 3 aromatic heterocycles. The van der Waals surface area contributed by atoms with Gasteiger partial charge in [0, 0.05) is 17.8 Å². The first-order chi connectivity index (χ1) is 8.83. The van der Waals surface area contributed by atoms with E-state index in [1.165, 1.54) is 11.3 Å². The van der Waals surface area contributed by atoms with E-state index in [1.807, 2.05) is 17.5 Å². The van der Waals surface area contributed by atoms with E-state index < -0.39 is 0 Å². The Bertz CT molecular complexity index is 642. The number of anilines is 1. The van der Waals surface area contributed by atoms with E-state index in [-0.39, 0.29) is 5.91 Å². The second kappa shape index (κ2) is 4.71. The first kappa shape index (κ1) is 11.1. The molecule has 0 saturated heterocycles. The van der Waals surface area contributed by atoms with Crippen LogP contribution in [0.4, 0.5) is 5.95 Å². The number of hydrogen-bond donors (Lipinski definition) is 2. The number of amides is 1. The van der Waals surface area contributed by atoms with Crippen LogP contribution in [0.3, 0.4) is 0 Å². The number of thiazole rings is 1. The molecule has 18 heavy (non-hydrogen) atoms. The number of aromatic amines is 1. The fourth-order valence-corrected chi connectivity index (χ4v) is 3.01. The third-order valence-electron chi connectivity index (χ3n) is 2.20. The highest BCUT2D eigenvalue weighted by Gasteiger charge is 2.13. The highest BCUT2D eigenvalue weighted by atomic mass is 32.1. The zero-order valence-electron chi connectivity index (χ0n) is 9.08. The molecule has 0 aliphatic heterocycles. The summed E-state index contributed by atoms with van der Waals surface area (Å²) in [4.78, 5) is 24.0. The molecule has 0 aliphatic rings. The maximum atomic E-state index is 11.9. The summed E-state index contributed by atoms with van der Waals surface area (Å²) >= 11 is 3.06. The number of thiophene rings is 1. The van der Waals surface area contributed by atoms with Gasteiger partial charge in [-0.15, -0.1) is 22.7 Å². The molecule has 0 bridgehead atoms. The van der Waals surface area contributed by atoms with Crippen LogP contribution in [0.25, 0.3) is 9.88 Å². The molecule has 0 atom stereocenters. The average Bonchev–Trinajstić information content (AvgIpc) is 3.11. The van der Waals surface area contributed by atoms with Gasteiger partial charge in [-0.05, 0) is 11.4 Å². The highest BCUT2D eigenvalue weighted by molar-refractivity contribution is 7.20. The molecule has 0 aliphatic carbocycles. The summed E-state index contributed by atoms with van der Waals surface area (Å²) in [5.74, 6) is 0.162. The molecule has 90 valence electrons. The first-order valence-corrected chi connectivity index (χ1v) is 6.89. The Kier molecular flexibility index (Phi) is 2.91. The van der Waals surface area contributed by atoms with Crippen LogP contribution in [0.15, 0.2) is 35.3 Å². The van der Waals surface area contributed by atoms with Gasteiger partial charge < -0.3 is 4.98 Å². The summed E-state index contributed by atoms with van der Waals surface area (Å²) < 4.78 is 0. The monoisotopic (exact) mass is 276 g/mol. The number of imidazole rings is 1. The van der Waals surface area contributed by atoms with Crippen molar-refractivity contribution in [2.45, 2.75) is 0 Å². The van der Waals surface area contributed by atoms with Gasteiger partial charge in [-0.2, -0.15) is 0 Å². The van der Waals surface area contributed by atoms with Gasteiger partial charge in [0.05, 0.1) is 4.88 Å². The fourth-order valence-electron chi connectivity index (χ4n) is 1.40. The Labute approximate surface area is 111 Å². The van der Waals surface area contributed by atoms with Crippen LogP contribution in [0, 0.1) is 0 Å². The van der Waals surface area contributed by atoms with Gasteiger partial charge in [-0.1, -0.05) is 6.07 Å². The van der Waals surface area contributed by atoms with Crippen LogP contribution < -0.4 is 5.32 Å². The van der Waals surface area contributed by atoms with Gasteiger partial charge >= 0.3 is 0 Å². The summed E-state index contributed by atoms with van der Waals surface area (Å²) in [7, 11) is 0. The van der Waals surface area contributed by atoms with Crippen molar-refractivity contribution in [1.29, 1.82) is 0 Å². The molecule has 3 aromatic rings. The fraction of sp³-hybridized carbons (Fsp3) is 0. The summed E-state index contributed by atoms with van der Waals surface area (Å²) in [6.07, 6.45) is 3.22. The molecule has 7 heteroatoms. The minimum absolute atomic E-state index is 0.260. The molecular formula is C11H8N4OS2. The quantitative estimate of drug-likeness (QED) is 0.772. The first-order valence-electron chi connectivity index (χ1n) is 5.13. The Morgan fingerprint density at radius 2 is 2.33 bits per heavy atom. The van der Waals surface area contributed by atoms with Crippen molar-refractivity contribution in [3.8, 4) is 9.88 Å². The van der Waals surface area contributed by atoms with E-state index in [9.17, 15) is 4.79 Å². The smallest absolute Gasteiger partial charge is 0.277 e. The van der Waals surface area contributed by atoms with Gasteiger partial charge in [-0.3, -0.25) is 10.1 Å². The molecule has 3 rings (SSSR count). The van der Waals surface area contributed by atoms with E-state index in [1.54, 1.807) is 29.1 Å². The van der Waals surface area contributed by atoms with Crippen molar-refractivity contribution >= 4 is 34.5 Å². The van der Waals surface area contributed by atoms with Crippen LogP contribution in [-0.2, 0) is 0 Å². The van der Waals surface area contributed by atoms with Crippen LogP contribution in [0.2, 0.25) is 0 Å². The van der Waals surface area contributed by atoms with E-state index in [4.69, 9.17) is 0 Å². The summed E-state index contributed by atoms with van der Waals surface area (Å²) in [5.41, 5.74) is 0.403. The number of carbonyl (C=O) groups excluding carboxylic acids is 1. The van der Waals surface area contributed by atoms with Crippen LogP contribution in [0.1, 0.15) is 10.5 Å². The van der Waals surface area contributed by atoms with Gasteiger partial charge in [-0.25, -0.2) is 9.97 Å². The van der Waals surface area contributed by atoms with Crippen molar-refractivity contribution in [3.05, 3.63) is 41.0 Å². The Morgan fingerprint density at radius 1 is 1.39 bits per heavy atom. The van der Waals surface area contributed by atoms with Gasteiger partial charge in [0.2, 0.25) is 5.95 Å². The Hall–Kier alpha value is -1.99. The predicted octanol–water partition coefficient (Wildman–Crippen LogP) is 2.85. The summed E-state index contributed by atoms with van der Waals surface area (Å²) in [6, 6.07) is 3.95. The molecule has 3 heterocycles. The number of hydrogen-bond acceptors (Lipinski definition) is 5. The molecule has 5 nitrogen and oxygen atoms in total. The summed E-state index contributed by atoms with van der Waals surface area (Å²) in [6.45, 7) is 0. The minimum Gasteiger partial charge on any atom is -0.331 e. The number of nitrogens with one attached hydrogen (secondary N) is 2. The number of aromatic nitrogens is 3. The number of H-pyrrole nitrogens is 1. The topological polar surface area (TPSA) is 70.7 Å². The van der Waals surface area contributed by atoms with E-state index in [0.717, 1.165) is 9.88 Å². The number of carbonyl (C=O) groups is 1. The number of nitrogens with zero attached hydrogens (tertiary/aromatic N) is 2. The zero-order valence-corrected chi connectivity index (χ0v) is 10.7. The standard InChI is InChI=1S/C11H8N4OS2/c16-9(15-11-12-3-4-13-11)7-6-18-10(14-7)8-2-1-5-17-8/h1-6H,(H2,12,13,15,16). The summed E-state index contributed by atoms with van der Waals surface area (Å²) in [5, 5.41) is 7.22. The van der Waals surface area contributed by atoms with Crippen molar-refractivity contribution < 1.29 is 4.79 Å². The molecule has 1 amide bonds. The lowest BCUT2D eigenvalue weighted by Crippen LogP contribution is -2.13. The van der Waals surface area contributed by atoms with Gasteiger partial charge in [0.25, 0.3) is 5.91 Å². The number of rotatable bonds is 3. The van der Waals surface area contributed by atoms with Gasteiger partial charge in [0.15, 0.2) is 0 Å². The van der Waals surface area contributed by atoms with E-state index >= 15 is 0 Å². The lowest BCUT2D eigenvalue weighted by molar-refractivity contribution is 0.102. The van der Waals surface area contributed by atoms with Crippen LogP contribution in [0.5, 0.6) is 0 Å². The average molecular weight is 276 g/mol. The maximum Gasteiger partial charge on any atom is 0.277 e. The zero-order chi connectivity index (χ0) is 12.4. The molecule has 0 radical (unpaired) electrons. The molecule has 0 unspecified atom stereocenters. The van der Waals surface area contributed by atoms with Crippen molar-refractivity contribution in [2.24, 2.45) is 0 Å². The second-order valence-corrected chi connectivity index (χ2v) is 5.21. The largest absolute Gasteiger partial charge is 0.331 e.